The van der Waals surface area contributed by atoms with Crippen LogP contribution in [0.1, 0.15) is 133 Å². The molecule has 604 valence electrons. The van der Waals surface area contributed by atoms with Crippen LogP contribution in [0, 0.1) is 20.8 Å². The first-order chi connectivity index (χ1) is 52.7. The van der Waals surface area contributed by atoms with Crippen LogP contribution in [0.2, 0.25) is 0 Å². The summed E-state index contributed by atoms with van der Waals surface area (Å²) in [5.41, 5.74) is 10.4. The fourth-order valence-corrected chi connectivity index (χ4v) is 10.9. The molecule has 0 saturated heterocycles. The number of halogens is 9. The summed E-state index contributed by atoms with van der Waals surface area (Å²) in [5, 5.41) is 49.1. The minimum absolute atomic E-state index is 0. The zero-order valence-corrected chi connectivity index (χ0v) is 71.2. The minimum atomic E-state index is -4.61. The third-order valence-electron chi connectivity index (χ3n) is 17.0. The van der Waals surface area contributed by atoms with Crippen molar-refractivity contribution in [1.82, 2.24) is 120 Å². The Bertz CT molecular complexity index is 5490. The number of benzene rings is 4. The first-order valence-electron chi connectivity index (χ1n) is 34.8. The van der Waals surface area contributed by atoms with Crippen molar-refractivity contribution in [3.63, 3.8) is 0 Å². The van der Waals surface area contributed by atoms with E-state index >= 15 is 0 Å². The number of nitrogens with zero attached hydrogens (tertiary/aromatic N) is 24. The first-order valence-corrected chi connectivity index (χ1v) is 34.8. The summed E-state index contributed by atoms with van der Waals surface area (Å²) in [4.78, 5) is 35.4. The molecule has 115 heavy (non-hydrogen) atoms. The second-order valence-corrected chi connectivity index (χ2v) is 29.2. The van der Waals surface area contributed by atoms with E-state index < -0.39 is 36.0 Å². The molecule has 0 N–H and O–H groups in total. The zero-order chi connectivity index (χ0) is 80.8. The van der Waals surface area contributed by atoms with Gasteiger partial charge in [0.2, 0.25) is 0 Å². The van der Waals surface area contributed by atoms with E-state index in [9.17, 15) is 39.5 Å². The maximum Gasteiger partial charge on any atom is 2.00 e. The van der Waals surface area contributed by atoms with Crippen LogP contribution < -0.4 is 30.6 Å². The number of aromatic nitrogens is 24. The summed E-state index contributed by atoms with van der Waals surface area (Å²) in [6, 6.07) is 39.2. The van der Waals surface area contributed by atoms with E-state index in [2.05, 4.69) is 187 Å². The molecule has 24 nitrogen and oxygen atoms in total. The normalized spacial score (nSPS) is 11.7. The number of imidazole rings is 3. The number of para-hydroxylation sites is 1. The summed E-state index contributed by atoms with van der Waals surface area (Å²) in [6.07, 6.45) is 2.05. The molecule has 16 aromatic rings. The Morgan fingerprint density at radius 2 is 0.678 bits per heavy atom. The van der Waals surface area contributed by atoms with Crippen molar-refractivity contribution in [2.45, 2.75) is 138 Å². The van der Waals surface area contributed by atoms with Gasteiger partial charge in [-0.2, -0.15) is 39.5 Å². The van der Waals surface area contributed by atoms with Gasteiger partial charge in [-0.25, -0.2) is 15.0 Å². The Labute approximate surface area is 697 Å². The van der Waals surface area contributed by atoms with Crippen LogP contribution in [0.15, 0.2) is 177 Å². The molecule has 0 aliphatic rings. The van der Waals surface area contributed by atoms with Crippen LogP contribution >= 0.6 is 0 Å². The van der Waals surface area contributed by atoms with E-state index in [1.165, 1.54) is 0 Å². The molecule has 0 aliphatic heterocycles. The Morgan fingerprint density at radius 3 is 0.991 bits per heavy atom. The van der Waals surface area contributed by atoms with Gasteiger partial charge >= 0.3 is 81.7 Å². The molecule has 4 aromatic carbocycles. The van der Waals surface area contributed by atoms with Crippen molar-refractivity contribution in [2.24, 2.45) is 7.05 Å². The molecule has 0 amide bonds. The predicted molar refractivity (Wildman–Crippen MR) is 403 cm³/mol. The summed E-state index contributed by atoms with van der Waals surface area (Å²) in [7, 11) is 1.94. The zero-order valence-electron chi connectivity index (χ0n) is 64.4. The summed E-state index contributed by atoms with van der Waals surface area (Å²) in [5.74, 6) is -1.57. The molecule has 0 spiro atoms. The van der Waals surface area contributed by atoms with Crippen molar-refractivity contribution in [3.05, 3.63) is 228 Å². The van der Waals surface area contributed by atoms with Gasteiger partial charge < -0.3 is 74.5 Å². The van der Waals surface area contributed by atoms with E-state index in [0.717, 1.165) is 106 Å². The molecule has 36 heteroatoms. The van der Waals surface area contributed by atoms with E-state index in [1.807, 2.05) is 159 Å². The van der Waals surface area contributed by atoms with Gasteiger partial charge in [0.25, 0.3) is 0 Å². The van der Waals surface area contributed by atoms with Gasteiger partial charge in [-0.15, -0.1) is 0 Å². The first kappa shape index (κ1) is 89.8. The fourth-order valence-electron chi connectivity index (χ4n) is 10.9. The minimum Gasteiger partial charge on any atom is -0.572 e. The quantitative estimate of drug-likeness (QED) is 0.128. The SMILES string of the molecule is CC(C)(C)c1ccc2cnc(-c3nc(C(F)(F)F)n[n-]3)cc2c1.CC(C)(C)c1ccc2cnc(-c3nc(C(F)(F)F)n[n-]3)cc2c1.CC(C)(C)c1ccc2cnc(-c3nc(C(F)(F)F)n[n-]3)cc2c1.Cc1cc(-c2nccn2-c2ccccc2)[n-]n1.Cc1cc(-c2nccn2C(C)C)[n-]n1.Cc1cc(-c2nccn2C)[n-]n1.[Pt+2].[Pt+2].[Pt+2]. The van der Waals surface area contributed by atoms with Gasteiger partial charge in [-0.05, 0) is 132 Å². The molecule has 0 bridgehead atoms. The number of hydrogen-bond donors (Lipinski definition) is 0. The van der Waals surface area contributed by atoms with Gasteiger partial charge in [-0.1, -0.05) is 170 Å². The molecule has 0 radical (unpaired) electrons. The van der Waals surface area contributed by atoms with Gasteiger partial charge in [-0.3, -0.25) is 30.2 Å². The topological polar surface area (TPSA) is 293 Å². The van der Waals surface area contributed by atoms with Crippen LogP contribution in [-0.4, -0.2) is 89.1 Å². The molecular formula is C79H75F9N24Pt3. The monoisotopic (exact) mass is 2120 g/mol. The molecular weight excluding hydrogens is 2040 g/mol. The van der Waals surface area contributed by atoms with Gasteiger partial charge in [0, 0.05) is 108 Å². The maximum atomic E-state index is 12.6. The van der Waals surface area contributed by atoms with Gasteiger partial charge in [0.1, 0.15) is 34.9 Å². The van der Waals surface area contributed by atoms with E-state index in [1.54, 1.807) is 55.4 Å². The van der Waals surface area contributed by atoms with E-state index in [4.69, 9.17) is 0 Å². The maximum absolute atomic E-state index is 12.6. The Morgan fingerprint density at radius 1 is 0.348 bits per heavy atom. The molecule has 0 fully saturated rings. The number of fused-ring (bicyclic) bond motifs is 3. The Kier molecular flexibility index (Phi) is 28.7. The van der Waals surface area contributed by atoms with Crippen LogP contribution in [0.4, 0.5) is 39.5 Å². The van der Waals surface area contributed by atoms with Crippen LogP contribution in [0.3, 0.4) is 0 Å². The van der Waals surface area contributed by atoms with Gasteiger partial charge in [0.15, 0.2) is 0 Å². The van der Waals surface area contributed by atoms with Crippen molar-refractivity contribution < 1.29 is 103 Å². The average molecular weight is 2120 g/mol. The van der Waals surface area contributed by atoms with Gasteiger partial charge in [0.05, 0.1) is 17.1 Å². The van der Waals surface area contributed by atoms with E-state index in [-0.39, 0.29) is 114 Å². The van der Waals surface area contributed by atoms with Crippen LogP contribution in [0.5, 0.6) is 0 Å². The molecule has 0 aliphatic carbocycles. The predicted octanol–water partition coefficient (Wildman–Crippen LogP) is 16.6. The number of aryl methyl sites for hydroxylation is 4. The molecule has 12 aromatic heterocycles. The summed E-state index contributed by atoms with van der Waals surface area (Å²) in [6.45, 7) is 28.8. The van der Waals surface area contributed by atoms with Crippen LogP contribution in [0.25, 0.3) is 107 Å². The molecule has 16 rings (SSSR count). The molecule has 0 saturated carbocycles. The third-order valence-corrected chi connectivity index (χ3v) is 17.0. The van der Waals surface area contributed by atoms with Crippen molar-refractivity contribution in [1.29, 1.82) is 0 Å². The Balaban J connectivity index is 0.000000174. The summed E-state index contributed by atoms with van der Waals surface area (Å²) < 4.78 is 119. The Hall–Kier alpha value is -10.8. The molecule has 0 unspecified atom stereocenters. The van der Waals surface area contributed by atoms with Crippen molar-refractivity contribution in [3.8, 4) is 74.8 Å². The second kappa shape index (κ2) is 36.8. The van der Waals surface area contributed by atoms with E-state index in [0.29, 0.717) is 6.04 Å². The largest absolute Gasteiger partial charge is 2.00 e. The third kappa shape index (κ3) is 22.8. The smallest absolute Gasteiger partial charge is 0.572 e. The average Bonchev–Trinajstić information content (AvgIpc) is 1.68. The number of pyridine rings is 3. The fraction of sp³-hybridized carbons (Fsp3) is 0.278. The molecule has 12 heterocycles. The van der Waals surface area contributed by atoms with Crippen molar-refractivity contribution >= 4 is 32.3 Å². The number of hydrogen-bond acceptors (Lipinski definition) is 15. The number of alkyl halides is 9. The molecule has 0 atom stereocenters. The second-order valence-electron chi connectivity index (χ2n) is 29.2. The summed E-state index contributed by atoms with van der Waals surface area (Å²) >= 11 is 0. The van der Waals surface area contributed by atoms with Crippen molar-refractivity contribution in [2.75, 3.05) is 0 Å². The van der Waals surface area contributed by atoms with Crippen LogP contribution in [-0.2, 0) is 105 Å². The number of rotatable bonds is 8. The standard InChI is InChI=1S/3C16H14F3N4.C13H11N4.C10H13N4.C8H9N4.3Pt/c3*1-15(2,3)11-5-4-9-8-20-12(7-10(9)6-11)13-21-14(23-22-13)16(17,18)19;1-10-9-12(16-15-10)13-14-7-8-17(13)11-5-3-2-4-6-11;1-7(2)14-5-4-11-10(14)9-6-8(3)12-13-9;1-6-5-7(11-10-6)8-9-3-4-12(8)2;;;/h3*4-8H,1-3H3;2-9H,1H3;4-7H,1-3H3;3-5H,1-2H3;;;/q6*-1;3*+2.